The highest BCUT2D eigenvalue weighted by Gasteiger charge is 2.00. The van der Waals surface area contributed by atoms with E-state index in [1.807, 2.05) is 0 Å². The zero-order chi connectivity index (χ0) is 6.53. The lowest BCUT2D eigenvalue weighted by Gasteiger charge is -1.89. The Morgan fingerprint density at radius 3 is 3.11 bits per heavy atom. The second-order valence-electron chi connectivity index (χ2n) is 2.28. The van der Waals surface area contributed by atoms with Gasteiger partial charge in [-0.25, -0.2) is 0 Å². The van der Waals surface area contributed by atoms with E-state index in [-0.39, 0.29) is 0 Å². The molecule has 0 saturated heterocycles. The monoisotopic (exact) mass is 119 g/mol. The third-order valence-corrected chi connectivity index (χ3v) is 1.58. The van der Waals surface area contributed by atoms with Gasteiger partial charge in [0.1, 0.15) is 0 Å². The topological polar surface area (TPSA) is 0 Å². The smallest absolute Gasteiger partial charge is 0.0299 e. The molecule has 0 spiro atoms. The summed E-state index contributed by atoms with van der Waals surface area (Å²) in [5.41, 5.74) is 1.51. The molecule has 0 unspecified atom stereocenters. The van der Waals surface area contributed by atoms with Crippen molar-refractivity contribution in [1.82, 2.24) is 0 Å². The number of allylic oxidation sites excluding steroid dienone is 2. The van der Waals surface area contributed by atoms with Crippen molar-refractivity contribution in [3.63, 3.8) is 0 Å². The van der Waals surface area contributed by atoms with Gasteiger partial charge in [0.15, 0.2) is 0 Å². The summed E-state index contributed by atoms with van der Waals surface area (Å²) in [5, 5.41) is 0. The van der Waals surface area contributed by atoms with Gasteiger partial charge >= 0.3 is 0 Å². The van der Waals surface area contributed by atoms with Crippen LogP contribution in [0.4, 0.5) is 0 Å². The molecule has 0 bridgehead atoms. The summed E-state index contributed by atoms with van der Waals surface area (Å²) in [6.45, 7) is 3.46. The zero-order valence-corrected chi connectivity index (χ0v) is 5.61. The zero-order valence-electron chi connectivity index (χ0n) is 5.61. The van der Waals surface area contributed by atoms with Gasteiger partial charge in [-0.15, -0.1) is 5.92 Å². The molecule has 47 valence electrons. The van der Waals surface area contributed by atoms with Gasteiger partial charge in [0.25, 0.3) is 0 Å². The van der Waals surface area contributed by atoms with E-state index >= 15 is 0 Å². The molecule has 0 aromatic heterocycles. The molecule has 0 saturated carbocycles. The van der Waals surface area contributed by atoms with Crippen molar-refractivity contribution in [3.8, 4) is 11.8 Å². The standard InChI is InChI=1S/C9H11/c1-2-3-6-9-7-4-5-8-9/h7H,1,4-6,8H2. The van der Waals surface area contributed by atoms with Crippen LogP contribution in [-0.4, -0.2) is 0 Å². The van der Waals surface area contributed by atoms with E-state index in [1.165, 1.54) is 24.8 Å². The third kappa shape index (κ3) is 1.93. The Morgan fingerprint density at radius 2 is 2.56 bits per heavy atom. The molecule has 1 radical (unpaired) electrons. The molecule has 0 heterocycles. The van der Waals surface area contributed by atoms with Gasteiger partial charge in [-0.3, -0.25) is 0 Å². The highest BCUT2D eigenvalue weighted by Crippen LogP contribution is 2.19. The van der Waals surface area contributed by atoms with E-state index in [9.17, 15) is 0 Å². The SMILES string of the molecule is [CH2]C#CCC1=CCCC1. The summed E-state index contributed by atoms with van der Waals surface area (Å²) in [7, 11) is 0. The molecule has 0 atom stereocenters. The lowest BCUT2D eigenvalue weighted by Crippen LogP contribution is -1.72. The first-order valence-corrected chi connectivity index (χ1v) is 3.36. The quantitative estimate of drug-likeness (QED) is 0.367. The van der Waals surface area contributed by atoms with Gasteiger partial charge in [0.2, 0.25) is 0 Å². The van der Waals surface area contributed by atoms with Crippen LogP contribution in [0.3, 0.4) is 0 Å². The van der Waals surface area contributed by atoms with E-state index in [1.54, 1.807) is 0 Å². The van der Waals surface area contributed by atoms with Crippen LogP contribution in [0, 0.1) is 18.8 Å². The molecule has 0 fully saturated rings. The van der Waals surface area contributed by atoms with Gasteiger partial charge < -0.3 is 0 Å². The molecule has 0 aliphatic heterocycles. The minimum atomic E-state index is 0.948. The highest BCUT2D eigenvalue weighted by atomic mass is 14.1. The van der Waals surface area contributed by atoms with Crippen LogP contribution in [0.15, 0.2) is 11.6 Å². The van der Waals surface area contributed by atoms with E-state index in [4.69, 9.17) is 0 Å². The van der Waals surface area contributed by atoms with Crippen molar-refractivity contribution in [2.45, 2.75) is 25.7 Å². The van der Waals surface area contributed by atoms with Crippen LogP contribution in [-0.2, 0) is 0 Å². The Balaban J connectivity index is 2.32. The molecule has 0 heteroatoms. The minimum absolute atomic E-state index is 0.948. The molecule has 0 nitrogen and oxygen atoms in total. The third-order valence-electron chi connectivity index (χ3n) is 1.58. The molecular weight excluding hydrogens is 108 g/mol. The van der Waals surface area contributed by atoms with E-state index in [2.05, 4.69) is 24.8 Å². The lowest BCUT2D eigenvalue weighted by molar-refractivity contribution is 0.896. The van der Waals surface area contributed by atoms with E-state index in [0.717, 1.165) is 6.42 Å². The largest absolute Gasteiger partial charge is 0.102 e. The fourth-order valence-electron chi connectivity index (χ4n) is 1.07. The minimum Gasteiger partial charge on any atom is -0.102 e. The van der Waals surface area contributed by atoms with Crippen LogP contribution < -0.4 is 0 Å². The fourth-order valence-corrected chi connectivity index (χ4v) is 1.07. The summed E-state index contributed by atoms with van der Waals surface area (Å²) in [5.74, 6) is 5.61. The number of hydrogen-bond acceptors (Lipinski definition) is 0. The maximum Gasteiger partial charge on any atom is 0.0299 e. The van der Waals surface area contributed by atoms with Gasteiger partial charge in [-0.05, 0) is 19.3 Å². The van der Waals surface area contributed by atoms with Crippen LogP contribution in [0.2, 0.25) is 0 Å². The van der Waals surface area contributed by atoms with Crippen LogP contribution in [0.5, 0.6) is 0 Å². The van der Waals surface area contributed by atoms with Crippen molar-refractivity contribution in [3.05, 3.63) is 18.6 Å². The predicted octanol–water partition coefficient (Wildman–Crippen LogP) is 2.32. The molecule has 1 rings (SSSR count). The molecular formula is C9H11. The first-order valence-electron chi connectivity index (χ1n) is 3.36. The van der Waals surface area contributed by atoms with Crippen LogP contribution >= 0.6 is 0 Å². The van der Waals surface area contributed by atoms with Gasteiger partial charge in [0, 0.05) is 13.3 Å². The van der Waals surface area contributed by atoms with Gasteiger partial charge in [0.05, 0.1) is 0 Å². The maximum absolute atomic E-state index is 3.46. The Morgan fingerprint density at radius 1 is 1.67 bits per heavy atom. The fraction of sp³-hybridized carbons (Fsp3) is 0.444. The molecule has 9 heavy (non-hydrogen) atoms. The number of hydrogen-bond donors (Lipinski definition) is 0. The highest BCUT2D eigenvalue weighted by molar-refractivity contribution is 5.17. The normalized spacial score (nSPS) is 16.3. The summed E-state index contributed by atoms with van der Waals surface area (Å²) in [6.07, 6.45) is 7.09. The predicted molar refractivity (Wildman–Crippen MR) is 39.7 cm³/mol. The number of rotatable bonds is 1. The first kappa shape index (κ1) is 6.42. The maximum atomic E-state index is 3.46. The van der Waals surface area contributed by atoms with Crippen molar-refractivity contribution >= 4 is 0 Å². The lowest BCUT2D eigenvalue weighted by atomic mass is 10.2. The molecule has 0 N–H and O–H groups in total. The average Bonchev–Trinajstić information content (AvgIpc) is 2.34. The first-order chi connectivity index (χ1) is 4.43. The Kier molecular flexibility index (Phi) is 2.39. The van der Waals surface area contributed by atoms with Crippen molar-refractivity contribution in [2.75, 3.05) is 0 Å². The van der Waals surface area contributed by atoms with E-state index in [0.29, 0.717) is 0 Å². The average molecular weight is 119 g/mol. The van der Waals surface area contributed by atoms with E-state index < -0.39 is 0 Å². The summed E-state index contributed by atoms with van der Waals surface area (Å²) in [6, 6.07) is 0. The summed E-state index contributed by atoms with van der Waals surface area (Å²) in [4.78, 5) is 0. The van der Waals surface area contributed by atoms with Gasteiger partial charge in [-0.1, -0.05) is 17.6 Å². The summed E-state index contributed by atoms with van der Waals surface area (Å²) < 4.78 is 0. The second-order valence-corrected chi connectivity index (χ2v) is 2.28. The molecule has 0 aromatic rings. The Hall–Kier alpha value is -0.700. The molecule has 1 aliphatic rings. The molecule has 0 aromatic carbocycles. The van der Waals surface area contributed by atoms with Crippen molar-refractivity contribution < 1.29 is 0 Å². The van der Waals surface area contributed by atoms with Crippen LogP contribution in [0.25, 0.3) is 0 Å². The Labute approximate surface area is 57.0 Å². The summed E-state index contributed by atoms with van der Waals surface area (Å²) >= 11 is 0. The Bertz CT molecular complexity index is 164. The molecule has 0 amide bonds. The van der Waals surface area contributed by atoms with Gasteiger partial charge in [-0.2, -0.15) is 0 Å². The second kappa shape index (κ2) is 3.35. The molecule has 1 aliphatic carbocycles. The van der Waals surface area contributed by atoms with Crippen LogP contribution in [0.1, 0.15) is 25.7 Å². The van der Waals surface area contributed by atoms with Crippen molar-refractivity contribution in [2.24, 2.45) is 0 Å². The van der Waals surface area contributed by atoms with Crippen molar-refractivity contribution in [1.29, 1.82) is 0 Å².